The molecule has 3 nitrogen and oxygen atoms in total. The Morgan fingerprint density at radius 3 is 2.61 bits per heavy atom. The van der Waals surface area contributed by atoms with E-state index in [1.807, 2.05) is 25.1 Å². The van der Waals surface area contributed by atoms with E-state index in [9.17, 15) is 0 Å². The van der Waals surface area contributed by atoms with Gasteiger partial charge >= 0.3 is 0 Å². The first-order chi connectivity index (χ1) is 8.60. The van der Waals surface area contributed by atoms with Gasteiger partial charge in [0.05, 0.1) is 16.1 Å². The van der Waals surface area contributed by atoms with Crippen LogP contribution < -0.4 is 10.5 Å². The quantitative estimate of drug-likeness (QED) is 0.853. The van der Waals surface area contributed by atoms with Crippen LogP contribution in [-0.4, -0.2) is 0 Å². The molecule has 2 aromatic carbocycles. The average Bonchev–Trinajstić information content (AvgIpc) is 2.36. The molecule has 0 spiro atoms. The van der Waals surface area contributed by atoms with Gasteiger partial charge in [0.15, 0.2) is 0 Å². The first kappa shape index (κ1) is 12.5. The van der Waals surface area contributed by atoms with Crippen LogP contribution in [-0.2, 0) is 0 Å². The van der Waals surface area contributed by atoms with E-state index in [0.29, 0.717) is 17.1 Å². The number of aryl methyl sites for hydroxylation is 1. The van der Waals surface area contributed by atoms with Gasteiger partial charge in [-0.2, -0.15) is 5.26 Å². The first-order valence-electron chi connectivity index (χ1n) is 5.34. The predicted octanol–water partition coefficient (Wildman–Crippen LogP) is 4.00. The number of anilines is 1. The van der Waals surface area contributed by atoms with E-state index in [4.69, 9.17) is 15.7 Å². The Bertz CT molecular complexity index is 632. The molecule has 2 N–H and O–H groups in total. The lowest BCUT2D eigenvalue weighted by Crippen LogP contribution is -1.91. The van der Waals surface area contributed by atoms with Crippen LogP contribution in [0.5, 0.6) is 11.5 Å². The van der Waals surface area contributed by atoms with Crippen LogP contribution in [0.15, 0.2) is 40.9 Å². The average molecular weight is 303 g/mol. The summed E-state index contributed by atoms with van der Waals surface area (Å²) < 4.78 is 6.48. The Balaban J connectivity index is 2.29. The van der Waals surface area contributed by atoms with Crippen LogP contribution in [0.4, 0.5) is 5.69 Å². The number of ether oxygens (including phenoxy) is 1. The normalized spacial score (nSPS) is 9.83. The molecule has 0 aliphatic heterocycles. The molecule has 0 aromatic heterocycles. The largest absolute Gasteiger partial charge is 0.456 e. The van der Waals surface area contributed by atoms with Crippen molar-refractivity contribution in [2.75, 3.05) is 5.73 Å². The highest BCUT2D eigenvalue weighted by Crippen LogP contribution is 2.31. The minimum absolute atomic E-state index is 0.586. The van der Waals surface area contributed by atoms with E-state index in [1.165, 1.54) is 0 Å². The number of nitrogens with two attached hydrogens (primary N) is 1. The monoisotopic (exact) mass is 302 g/mol. The smallest absolute Gasteiger partial charge is 0.141 e. The third-order valence-electron chi connectivity index (χ3n) is 2.53. The highest BCUT2D eigenvalue weighted by Gasteiger charge is 2.05. The van der Waals surface area contributed by atoms with Gasteiger partial charge in [-0.25, -0.2) is 0 Å². The molecular weight excluding hydrogens is 292 g/mol. The lowest BCUT2D eigenvalue weighted by molar-refractivity contribution is 0.479. The SMILES string of the molecule is Cc1cc(Oc2ccc(C#N)cc2Br)ccc1N. The highest BCUT2D eigenvalue weighted by molar-refractivity contribution is 9.10. The van der Waals surface area contributed by atoms with Crippen LogP contribution in [0.25, 0.3) is 0 Å². The van der Waals surface area contributed by atoms with E-state index in [-0.39, 0.29) is 0 Å². The summed E-state index contributed by atoms with van der Waals surface area (Å²) in [4.78, 5) is 0. The van der Waals surface area contributed by atoms with Gasteiger partial charge in [-0.3, -0.25) is 0 Å². The van der Waals surface area contributed by atoms with Gasteiger partial charge < -0.3 is 10.5 Å². The summed E-state index contributed by atoms with van der Waals surface area (Å²) in [6.07, 6.45) is 0. The molecule has 0 fully saturated rings. The number of halogens is 1. The van der Waals surface area contributed by atoms with Gasteiger partial charge in [0.2, 0.25) is 0 Å². The summed E-state index contributed by atoms with van der Waals surface area (Å²) in [5, 5.41) is 8.78. The zero-order chi connectivity index (χ0) is 13.1. The highest BCUT2D eigenvalue weighted by atomic mass is 79.9. The number of benzene rings is 2. The zero-order valence-electron chi connectivity index (χ0n) is 9.77. The van der Waals surface area contributed by atoms with Crippen molar-refractivity contribution < 1.29 is 4.74 Å². The Kier molecular flexibility index (Phi) is 3.54. The fraction of sp³-hybridized carbons (Fsp3) is 0.0714. The van der Waals surface area contributed by atoms with Gasteiger partial charge in [-0.1, -0.05) is 0 Å². The second kappa shape index (κ2) is 5.11. The van der Waals surface area contributed by atoms with E-state index in [1.54, 1.807) is 18.2 Å². The number of nitriles is 1. The lowest BCUT2D eigenvalue weighted by atomic mass is 10.2. The molecule has 0 aliphatic rings. The van der Waals surface area contributed by atoms with Gasteiger partial charge in [-0.15, -0.1) is 0 Å². The summed E-state index contributed by atoms with van der Waals surface area (Å²) in [6, 6.07) is 12.8. The molecular formula is C14H11BrN2O. The van der Waals surface area contributed by atoms with E-state index in [2.05, 4.69) is 22.0 Å². The van der Waals surface area contributed by atoms with Crippen molar-refractivity contribution in [1.29, 1.82) is 5.26 Å². The second-order valence-corrected chi connectivity index (χ2v) is 4.73. The van der Waals surface area contributed by atoms with Crippen LogP contribution in [0.2, 0.25) is 0 Å². The molecule has 0 unspecified atom stereocenters. The summed E-state index contributed by atoms with van der Waals surface area (Å²) in [6.45, 7) is 1.93. The minimum Gasteiger partial charge on any atom is -0.456 e. The van der Waals surface area contributed by atoms with Crippen LogP contribution in [0, 0.1) is 18.3 Å². The van der Waals surface area contributed by atoms with Crippen LogP contribution in [0.1, 0.15) is 11.1 Å². The molecule has 0 aliphatic carbocycles. The third kappa shape index (κ3) is 2.63. The number of nitrogen functional groups attached to an aromatic ring is 1. The molecule has 0 atom stereocenters. The van der Waals surface area contributed by atoms with Crippen molar-refractivity contribution in [3.05, 3.63) is 52.0 Å². The van der Waals surface area contributed by atoms with Crippen LogP contribution in [0.3, 0.4) is 0 Å². The molecule has 0 radical (unpaired) electrons. The van der Waals surface area contributed by atoms with Crippen LogP contribution >= 0.6 is 15.9 Å². The zero-order valence-corrected chi connectivity index (χ0v) is 11.4. The number of hydrogen-bond acceptors (Lipinski definition) is 3. The Hall–Kier alpha value is -1.99. The lowest BCUT2D eigenvalue weighted by Gasteiger charge is -2.09. The fourth-order valence-corrected chi connectivity index (χ4v) is 1.95. The second-order valence-electron chi connectivity index (χ2n) is 3.88. The summed E-state index contributed by atoms with van der Waals surface area (Å²) in [5.74, 6) is 1.38. The molecule has 2 rings (SSSR count). The van der Waals surface area contributed by atoms with E-state index < -0.39 is 0 Å². The standard InChI is InChI=1S/C14H11BrN2O/c1-9-6-11(3-4-13(9)17)18-14-5-2-10(8-16)7-12(14)15/h2-7H,17H2,1H3. The molecule has 0 bridgehead atoms. The Morgan fingerprint density at radius 1 is 1.22 bits per heavy atom. The molecule has 4 heteroatoms. The van der Waals surface area contributed by atoms with Gasteiger partial charge in [0, 0.05) is 5.69 Å². The Morgan fingerprint density at radius 2 is 2.00 bits per heavy atom. The maximum atomic E-state index is 8.78. The predicted molar refractivity (Wildman–Crippen MR) is 74.5 cm³/mol. The van der Waals surface area contributed by atoms with Gasteiger partial charge in [-0.05, 0) is 64.8 Å². The number of nitrogens with zero attached hydrogens (tertiary/aromatic N) is 1. The molecule has 0 saturated heterocycles. The van der Waals surface area contributed by atoms with Crippen molar-refractivity contribution >= 4 is 21.6 Å². The van der Waals surface area contributed by atoms with Crippen molar-refractivity contribution in [3.63, 3.8) is 0 Å². The molecule has 0 saturated carbocycles. The fourth-order valence-electron chi connectivity index (χ4n) is 1.49. The van der Waals surface area contributed by atoms with Crippen molar-refractivity contribution in [2.45, 2.75) is 6.92 Å². The third-order valence-corrected chi connectivity index (χ3v) is 3.15. The van der Waals surface area contributed by atoms with Crippen molar-refractivity contribution in [3.8, 4) is 17.6 Å². The van der Waals surface area contributed by atoms with Gasteiger partial charge in [0.25, 0.3) is 0 Å². The number of rotatable bonds is 2. The molecule has 18 heavy (non-hydrogen) atoms. The molecule has 2 aromatic rings. The summed E-state index contributed by atoms with van der Waals surface area (Å²) in [7, 11) is 0. The molecule has 0 heterocycles. The summed E-state index contributed by atoms with van der Waals surface area (Å²) >= 11 is 3.38. The maximum Gasteiger partial charge on any atom is 0.141 e. The summed E-state index contributed by atoms with van der Waals surface area (Å²) in [5.41, 5.74) is 8.04. The number of hydrogen-bond donors (Lipinski definition) is 1. The molecule has 0 amide bonds. The minimum atomic E-state index is 0.586. The first-order valence-corrected chi connectivity index (χ1v) is 6.13. The Labute approximate surface area is 114 Å². The van der Waals surface area contributed by atoms with E-state index >= 15 is 0 Å². The van der Waals surface area contributed by atoms with E-state index in [0.717, 1.165) is 15.7 Å². The van der Waals surface area contributed by atoms with Gasteiger partial charge in [0.1, 0.15) is 11.5 Å². The topological polar surface area (TPSA) is 59.0 Å². The molecule has 90 valence electrons. The maximum absolute atomic E-state index is 8.78. The van der Waals surface area contributed by atoms with Crippen molar-refractivity contribution in [1.82, 2.24) is 0 Å². The van der Waals surface area contributed by atoms with Crippen molar-refractivity contribution in [2.24, 2.45) is 0 Å².